The second-order valence-electron chi connectivity index (χ2n) is 4.72. The minimum absolute atomic E-state index is 0.0365. The van der Waals surface area contributed by atoms with Crippen molar-refractivity contribution >= 4 is 38.9 Å². The summed E-state index contributed by atoms with van der Waals surface area (Å²) in [7, 11) is -3.92. The lowest BCUT2D eigenvalue weighted by Gasteiger charge is -2.07. The molecule has 1 amide bonds. The molecule has 0 aliphatic heterocycles. The van der Waals surface area contributed by atoms with Gasteiger partial charge in [0, 0.05) is 5.02 Å². The van der Waals surface area contributed by atoms with Gasteiger partial charge in [-0.3, -0.25) is 4.79 Å². The predicted octanol–water partition coefficient (Wildman–Crippen LogP) is 2.44. The SMILES string of the molecule is Cc1nc(C)c(S(=O)(=O)NC(=O)COCc2ccccc2Cl)s1. The van der Waals surface area contributed by atoms with Gasteiger partial charge in [-0.1, -0.05) is 29.8 Å². The zero-order valence-electron chi connectivity index (χ0n) is 12.5. The van der Waals surface area contributed by atoms with Crippen LogP contribution in [0.25, 0.3) is 0 Å². The van der Waals surface area contributed by atoms with E-state index >= 15 is 0 Å². The highest BCUT2D eigenvalue weighted by molar-refractivity contribution is 7.92. The molecule has 0 saturated carbocycles. The lowest BCUT2D eigenvalue weighted by Crippen LogP contribution is -2.33. The van der Waals surface area contributed by atoms with Crippen LogP contribution in [0.3, 0.4) is 0 Å². The van der Waals surface area contributed by atoms with Crippen molar-refractivity contribution < 1.29 is 17.9 Å². The number of carbonyl (C=O) groups excluding carboxylic acids is 1. The molecule has 2 rings (SSSR count). The molecule has 0 saturated heterocycles. The molecule has 0 bridgehead atoms. The van der Waals surface area contributed by atoms with E-state index in [-0.39, 0.29) is 17.4 Å². The number of ether oxygens (including phenoxy) is 1. The number of thiazole rings is 1. The number of amides is 1. The lowest BCUT2D eigenvalue weighted by molar-refractivity contribution is -0.124. The third-order valence-electron chi connectivity index (χ3n) is 2.80. The molecule has 0 unspecified atom stereocenters. The fraction of sp³-hybridized carbons (Fsp3) is 0.286. The third-order valence-corrected chi connectivity index (χ3v) is 6.23. The summed E-state index contributed by atoms with van der Waals surface area (Å²) >= 11 is 6.98. The first-order valence-electron chi connectivity index (χ1n) is 6.60. The van der Waals surface area contributed by atoms with E-state index in [4.69, 9.17) is 16.3 Å². The molecule has 0 aliphatic rings. The summed E-state index contributed by atoms with van der Waals surface area (Å²) in [5, 5.41) is 1.14. The molecule has 0 atom stereocenters. The Hall–Kier alpha value is -1.48. The molecule has 9 heteroatoms. The molecule has 1 aromatic carbocycles. The molecule has 6 nitrogen and oxygen atoms in total. The Morgan fingerprint density at radius 1 is 1.35 bits per heavy atom. The molecule has 0 fully saturated rings. The first-order valence-corrected chi connectivity index (χ1v) is 9.28. The van der Waals surface area contributed by atoms with E-state index in [1.807, 2.05) is 4.72 Å². The fourth-order valence-corrected chi connectivity index (χ4v) is 4.50. The summed E-state index contributed by atoms with van der Waals surface area (Å²) in [6.07, 6.45) is 0. The molecular formula is C14H15ClN2O4S2. The third kappa shape index (κ3) is 4.74. The number of sulfonamides is 1. The Labute approximate surface area is 143 Å². The first kappa shape index (κ1) is 17.9. The normalized spacial score (nSPS) is 11.4. The Morgan fingerprint density at radius 3 is 2.65 bits per heavy atom. The standard InChI is InChI=1S/C14H15ClN2O4S2/c1-9-14(22-10(2)16-9)23(19,20)17-13(18)8-21-7-11-5-3-4-6-12(11)15/h3-6H,7-8H2,1-2H3,(H,17,18). The zero-order valence-corrected chi connectivity index (χ0v) is 14.9. The predicted molar refractivity (Wildman–Crippen MR) is 88.0 cm³/mol. The Balaban J connectivity index is 1.92. The van der Waals surface area contributed by atoms with Gasteiger partial charge in [-0.05, 0) is 25.5 Å². The number of benzene rings is 1. The highest BCUT2D eigenvalue weighted by Crippen LogP contribution is 2.22. The maximum absolute atomic E-state index is 12.1. The minimum atomic E-state index is -3.92. The van der Waals surface area contributed by atoms with E-state index in [1.54, 1.807) is 38.1 Å². The van der Waals surface area contributed by atoms with Gasteiger partial charge >= 0.3 is 0 Å². The van der Waals surface area contributed by atoms with Crippen LogP contribution in [0.4, 0.5) is 0 Å². The van der Waals surface area contributed by atoms with Crippen LogP contribution in [0.15, 0.2) is 28.5 Å². The van der Waals surface area contributed by atoms with Crippen molar-refractivity contribution in [3.8, 4) is 0 Å². The van der Waals surface area contributed by atoms with Crippen LogP contribution in [0.2, 0.25) is 5.02 Å². The van der Waals surface area contributed by atoms with E-state index < -0.39 is 15.9 Å². The van der Waals surface area contributed by atoms with Gasteiger partial charge in [0.15, 0.2) is 4.21 Å². The van der Waals surface area contributed by atoms with Gasteiger partial charge in [0.05, 0.1) is 17.3 Å². The Morgan fingerprint density at radius 2 is 2.04 bits per heavy atom. The summed E-state index contributed by atoms with van der Waals surface area (Å²) in [4.78, 5) is 15.8. The van der Waals surface area contributed by atoms with Crippen molar-refractivity contribution in [3.05, 3.63) is 45.6 Å². The van der Waals surface area contributed by atoms with Crippen LogP contribution < -0.4 is 4.72 Å². The average Bonchev–Trinajstić information content (AvgIpc) is 2.80. The van der Waals surface area contributed by atoms with Crippen LogP contribution in [0.1, 0.15) is 16.3 Å². The van der Waals surface area contributed by atoms with Gasteiger partial charge in [0.25, 0.3) is 15.9 Å². The van der Waals surface area contributed by atoms with Crippen molar-refractivity contribution in [2.75, 3.05) is 6.61 Å². The molecule has 23 heavy (non-hydrogen) atoms. The maximum atomic E-state index is 12.1. The van der Waals surface area contributed by atoms with Crippen LogP contribution in [-0.4, -0.2) is 25.9 Å². The lowest BCUT2D eigenvalue weighted by atomic mass is 10.2. The van der Waals surface area contributed by atoms with E-state index in [1.165, 1.54) is 0 Å². The van der Waals surface area contributed by atoms with Gasteiger partial charge in [-0.2, -0.15) is 0 Å². The van der Waals surface area contributed by atoms with Crippen molar-refractivity contribution in [3.63, 3.8) is 0 Å². The molecule has 124 valence electrons. The van der Waals surface area contributed by atoms with Crippen molar-refractivity contribution in [2.45, 2.75) is 24.7 Å². The molecule has 1 N–H and O–H groups in total. The van der Waals surface area contributed by atoms with E-state index in [2.05, 4.69) is 4.98 Å². The highest BCUT2D eigenvalue weighted by Gasteiger charge is 2.23. The monoisotopic (exact) mass is 374 g/mol. The van der Waals surface area contributed by atoms with Gasteiger partial charge in [0.2, 0.25) is 0 Å². The maximum Gasteiger partial charge on any atom is 0.275 e. The van der Waals surface area contributed by atoms with Gasteiger partial charge in [-0.15, -0.1) is 11.3 Å². The topological polar surface area (TPSA) is 85.4 Å². The number of carbonyl (C=O) groups is 1. The number of aromatic nitrogens is 1. The molecule has 0 aliphatic carbocycles. The Bertz CT molecular complexity index is 818. The highest BCUT2D eigenvalue weighted by atomic mass is 35.5. The van der Waals surface area contributed by atoms with Crippen LogP contribution in [0, 0.1) is 13.8 Å². The van der Waals surface area contributed by atoms with E-state index in [0.717, 1.165) is 16.9 Å². The minimum Gasteiger partial charge on any atom is -0.367 e. The number of hydrogen-bond donors (Lipinski definition) is 1. The second-order valence-corrected chi connectivity index (χ2v) is 8.21. The molecule has 1 heterocycles. The van der Waals surface area contributed by atoms with Crippen molar-refractivity contribution in [1.82, 2.24) is 9.71 Å². The van der Waals surface area contributed by atoms with Crippen molar-refractivity contribution in [1.29, 1.82) is 0 Å². The second kappa shape index (κ2) is 7.39. The number of hydrogen-bond acceptors (Lipinski definition) is 6. The summed E-state index contributed by atoms with van der Waals surface area (Å²) in [5.74, 6) is -0.748. The molecule has 1 aromatic heterocycles. The van der Waals surface area contributed by atoms with Crippen molar-refractivity contribution in [2.24, 2.45) is 0 Å². The largest absolute Gasteiger partial charge is 0.367 e. The van der Waals surface area contributed by atoms with Gasteiger partial charge in [-0.25, -0.2) is 18.1 Å². The number of nitrogens with zero attached hydrogens (tertiary/aromatic N) is 1. The molecule has 0 radical (unpaired) electrons. The van der Waals surface area contributed by atoms with Gasteiger partial charge < -0.3 is 4.74 Å². The van der Waals surface area contributed by atoms with Crippen LogP contribution >= 0.6 is 22.9 Å². The average molecular weight is 375 g/mol. The van der Waals surface area contributed by atoms with Crippen LogP contribution in [0.5, 0.6) is 0 Å². The smallest absolute Gasteiger partial charge is 0.275 e. The molecular weight excluding hydrogens is 360 g/mol. The summed E-state index contributed by atoms with van der Waals surface area (Å²) in [5.41, 5.74) is 1.09. The Kier molecular flexibility index (Phi) is 5.74. The number of rotatable bonds is 6. The first-order chi connectivity index (χ1) is 10.8. The molecule has 2 aromatic rings. The summed E-state index contributed by atoms with van der Waals surface area (Å²) in [6, 6.07) is 7.05. The number of nitrogens with one attached hydrogen (secondary N) is 1. The van der Waals surface area contributed by atoms with Gasteiger partial charge in [0.1, 0.15) is 6.61 Å². The fourth-order valence-electron chi connectivity index (χ4n) is 1.86. The molecule has 0 spiro atoms. The van der Waals surface area contributed by atoms with E-state index in [0.29, 0.717) is 15.7 Å². The summed E-state index contributed by atoms with van der Waals surface area (Å²) in [6.45, 7) is 3.01. The number of halogens is 1. The quantitative estimate of drug-likeness (QED) is 0.839. The zero-order chi connectivity index (χ0) is 17.0. The number of aryl methyl sites for hydroxylation is 2. The van der Waals surface area contributed by atoms with E-state index in [9.17, 15) is 13.2 Å². The van der Waals surface area contributed by atoms with Crippen LogP contribution in [-0.2, 0) is 26.2 Å². The summed E-state index contributed by atoms with van der Waals surface area (Å²) < 4.78 is 31.5.